The molecule has 0 saturated carbocycles. The molecule has 0 aromatic heterocycles. The lowest BCUT2D eigenvalue weighted by atomic mass is 9.94. The van der Waals surface area contributed by atoms with Gasteiger partial charge < -0.3 is 50.0 Å². The first-order chi connectivity index (χ1) is 15.8. The summed E-state index contributed by atoms with van der Waals surface area (Å²) < 4.78 is 17.6. The van der Waals surface area contributed by atoms with Crippen LogP contribution in [0.25, 0.3) is 0 Å². The first kappa shape index (κ1) is 23.1. The first-order valence-electron chi connectivity index (χ1n) is 10.2. The molecule has 10 heteroatoms. The summed E-state index contributed by atoms with van der Waals surface area (Å²) in [5.74, 6) is 4.49. The minimum absolute atomic E-state index is 0.100. The van der Waals surface area contributed by atoms with E-state index in [4.69, 9.17) is 14.2 Å². The molecule has 4 rings (SSSR count). The summed E-state index contributed by atoms with van der Waals surface area (Å²) in [7, 11) is 0. The molecule has 0 amide bonds. The lowest BCUT2D eigenvalue weighted by Crippen LogP contribution is -2.63. The van der Waals surface area contributed by atoms with Crippen molar-refractivity contribution in [3.63, 3.8) is 0 Å². The number of hydrogen-bond acceptors (Lipinski definition) is 10. The third-order valence-electron chi connectivity index (χ3n) is 5.61. The Kier molecular flexibility index (Phi) is 6.62. The molecule has 0 spiro atoms. The van der Waals surface area contributed by atoms with Gasteiger partial charge in [-0.05, 0) is 35.9 Å². The highest BCUT2D eigenvalue weighted by molar-refractivity contribution is 5.47. The zero-order valence-electron chi connectivity index (χ0n) is 17.3. The number of hydrogen-bond donors (Lipinski definition) is 7. The summed E-state index contributed by atoms with van der Waals surface area (Å²) >= 11 is 0. The minimum Gasteiger partial charge on any atom is -0.504 e. The molecule has 0 aliphatic carbocycles. The predicted molar refractivity (Wildman–Crippen MR) is 111 cm³/mol. The fraction of sp³-hybridized carbons (Fsp3) is 0.391. The van der Waals surface area contributed by atoms with E-state index in [1.54, 1.807) is 0 Å². The summed E-state index contributed by atoms with van der Waals surface area (Å²) in [4.78, 5) is 0. The van der Waals surface area contributed by atoms with Gasteiger partial charge in [-0.2, -0.15) is 0 Å². The smallest absolute Gasteiger partial charge is 0.187 e. The van der Waals surface area contributed by atoms with Crippen LogP contribution in [0.5, 0.6) is 23.0 Å². The van der Waals surface area contributed by atoms with Gasteiger partial charge in [0.1, 0.15) is 36.6 Å². The molecule has 0 unspecified atom stereocenters. The van der Waals surface area contributed by atoms with Gasteiger partial charge in [0, 0.05) is 12.0 Å². The predicted octanol–water partition coefficient (Wildman–Crippen LogP) is 0.215. The second-order valence-corrected chi connectivity index (χ2v) is 7.86. The van der Waals surface area contributed by atoms with Gasteiger partial charge in [-0.15, -0.1) is 0 Å². The van der Waals surface area contributed by atoms with E-state index in [1.165, 1.54) is 36.4 Å². The molecule has 10 nitrogen and oxygen atoms in total. The zero-order valence-corrected chi connectivity index (χ0v) is 17.3. The number of aliphatic hydroxyl groups is 3. The Labute approximate surface area is 188 Å². The van der Waals surface area contributed by atoms with Gasteiger partial charge in [0.2, 0.25) is 0 Å². The van der Waals surface area contributed by atoms with Crippen molar-refractivity contribution < 1.29 is 50.0 Å². The van der Waals surface area contributed by atoms with E-state index in [0.717, 1.165) is 0 Å². The van der Waals surface area contributed by atoms with Crippen molar-refractivity contribution in [3.8, 4) is 34.8 Å². The summed E-state index contributed by atoms with van der Waals surface area (Å²) in [6.07, 6.45) is -7.54. The van der Waals surface area contributed by atoms with E-state index in [1.807, 2.05) is 0 Å². The monoisotopic (exact) mass is 460 g/mol. The molecule has 7 N–H and O–H groups in total. The Hall–Kier alpha value is -3.04. The van der Waals surface area contributed by atoms with Gasteiger partial charge in [0.25, 0.3) is 0 Å². The van der Waals surface area contributed by atoms with Crippen LogP contribution in [0.15, 0.2) is 36.4 Å². The van der Waals surface area contributed by atoms with Crippen LogP contribution in [0, 0.1) is 11.8 Å². The Morgan fingerprint density at radius 3 is 2.09 bits per heavy atom. The van der Waals surface area contributed by atoms with Gasteiger partial charge >= 0.3 is 0 Å². The maximum Gasteiger partial charge on any atom is 0.187 e. The fourth-order valence-electron chi connectivity index (χ4n) is 3.83. The summed E-state index contributed by atoms with van der Waals surface area (Å²) in [6, 6.07) is 8.24. The molecule has 2 saturated heterocycles. The highest BCUT2D eigenvalue weighted by Gasteiger charge is 2.51. The quantitative estimate of drug-likeness (QED) is 0.248. The van der Waals surface area contributed by atoms with E-state index >= 15 is 0 Å². The number of aromatic hydroxyl groups is 4. The van der Waals surface area contributed by atoms with E-state index < -0.39 is 49.5 Å². The largest absolute Gasteiger partial charge is 0.504 e. The number of ether oxygens (including phenoxy) is 3. The van der Waals surface area contributed by atoms with E-state index in [9.17, 15) is 35.7 Å². The molecule has 33 heavy (non-hydrogen) atoms. The average molecular weight is 460 g/mol. The number of phenolic OH excluding ortho intramolecular Hbond substituents is 4. The second kappa shape index (κ2) is 9.44. The summed E-state index contributed by atoms with van der Waals surface area (Å²) in [5, 5.41) is 68.7. The van der Waals surface area contributed by atoms with Crippen molar-refractivity contribution in [1.29, 1.82) is 0 Å². The molecule has 2 aromatic carbocycles. The molecule has 2 aliphatic rings. The lowest BCUT2D eigenvalue weighted by Gasteiger charge is -2.48. The van der Waals surface area contributed by atoms with Gasteiger partial charge in [0.05, 0.1) is 6.61 Å². The molecule has 2 fully saturated rings. The van der Waals surface area contributed by atoms with Crippen LogP contribution >= 0.6 is 0 Å². The highest BCUT2D eigenvalue weighted by atomic mass is 16.7. The molecule has 0 radical (unpaired) electrons. The molecular weight excluding hydrogens is 436 g/mol. The van der Waals surface area contributed by atoms with Crippen molar-refractivity contribution in [2.75, 3.05) is 6.61 Å². The van der Waals surface area contributed by atoms with Crippen LogP contribution in [-0.4, -0.2) is 79.2 Å². The molecular formula is C23H24O10. The highest BCUT2D eigenvalue weighted by Crippen LogP contribution is 2.40. The van der Waals surface area contributed by atoms with E-state index in [0.29, 0.717) is 11.1 Å². The van der Waals surface area contributed by atoms with Crippen LogP contribution in [0.4, 0.5) is 0 Å². The standard InChI is InChI=1S/C23H24O10/c24-10-18-19(29)20(30)22-23(32-18)31-17(3-1-2-11-4-6-13(25)15(27)8-11)21(33-22)12-5-7-14(26)16(28)9-12/h4-9,17-30H,3,10H2/t17-,18+,19+,20-,21+,22+,23+/m0/s1. The van der Waals surface area contributed by atoms with Crippen molar-refractivity contribution in [1.82, 2.24) is 0 Å². The average Bonchev–Trinajstić information content (AvgIpc) is 2.80. The van der Waals surface area contributed by atoms with E-state index in [-0.39, 0.29) is 29.4 Å². The third-order valence-corrected chi connectivity index (χ3v) is 5.61. The van der Waals surface area contributed by atoms with Crippen molar-refractivity contribution in [3.05, 3.63) is 47.5 Å². The van der Waals surface area contributed by atoms with Gasteiger partial charge in [-0.3, -0.25) is 0 Å². The van der Waals surface area contributed by atoms with Crippen molar-refractivity contribution in [2.45, 2.75) is 49.3 Å². The van der Waals surface area contributed by atoms with Crippen molar-refractivity contribution >= 4 is 0 Å². The number of phenols is 4. The molecule has 7 atom stereocenters. The van der Waals surface area contributed by atoms with E-state index in [2.05, 4.69) is 11.8 Å². The number of benzene rings is 2. The fourth-order valence-corrected chi connectivity index (χ4v) is 3.83. The summed E-state index contributed by atoms with van der Waals surface area (Å²) in [5.41, 5.74) is 0.885. The third kappa shape index (κ3) is 4.69. The van der Waals surface area contributed by atoms with Gasteiger partial charge in [-0.1, -0.05) is 17.9 Å². The normalized spacial score (nSPS) is 31.3. The lowest BCUT2D eigenvalue weighted by molar-refractivity contribution is -0.367. The Morgan fingerprint density at radius 2 is 1.42 bits per heavy atom. The first-order valence-corrected chi connectivity index (χ1v) is 10.2. The number of rotatable bonds is 3. The van der Waals surface area contributed by atoms with Crippen LogP contribution in [0.2, 0.25) is 0 Å². The maximum absolute atomic E-state index is 10.5. The molecule has 2 aliphatic heterocycles. The topological polar surface area (TPSA) is 169 Å². The Balaban J connectivity index is 1.61. The Morgan fingerprint density at radius 1 is 0.758 bits per heavy atom. The van der Waals surface area contributed by atoms with Crippen LogP contribution in [0.3, 0.4) is 0 Å². The van der Waals surface area contributed by atoms with Gasteiger partial charge in [0.15, 0.2) is 29.3 Å². The molecule has 176 valence electrons. The summed E-state index contributed by atoms with van der Waals surface area (Å²) in [6.45, 7) is -0.533. The molecule has 2 aromatic rings. The zero-order chi connectivity index (χ0) is 23.7. The van der Waals surface area contributed by atoms with Crippen LogP contribution in [0.1, 0.15) is 23.7 Å². The second-order valence-electron chi connectivity index (χ2n) is 7.86. The maximum atomic E-state index is 10.5. The Bertz CT molecular complexity index is 1060. The van der Waals surface area contributed by atoms with Crippen LogP contribution < -0.4 is 0 Å². The number of fused-ring (bicyclic) bond motifs is 1. The van der Waals surface area contributed by atoms with Crippen molar-refractivity contribution in [2.24, 2.45) is 0 Å². The molecule has 2 heterocycles. The molecule has 0 bridgehead atoms. The van der Waals surface area contributed by atoms with Crippen LogP contribution in [-0.2, 0) is 14.2 Å². The van der Waals surface area contributed by atoms with Gasteiger partial charge in [-0.25, -0.2) is 0 Å². The minimum atomic E-state index is -1.40. The SMILES string of the molecule is OC[C@H]1O[C@H]2O[C@@H](CC#Cc3ccc(O)c(O)c3)[C@@H](c3ccc(O)c(O)c3)O[C@@H]2[C@@H](O)[C@@H]1O. The number of aliphatic hydroxyl groups excluding tert-OH is 3.